The number of hydrogen-bond acceptors (Lipinski definition) is 8. The summed E-state index contributed by atoms with van der Waals surface area (Å²) in [5.74, 6) is -1.07. The molecule has 62 heavy (non-hydrogen) atoms. The minimum absolute atomic E-state index is 0.0220. The highest BCUT2D eigenvalue weighted by molar-refractivity contribution is 7.45. The molecule has 0 aliphatic carbocycles. The van der Waals surface area contributed by atoms with Crippen LogP contribution in [0.1, 0.15) is 117 Å². The maximum absolute atomic E-state index is 12.7. The van der Waals surface area contributed by atoms with Crippen molar-refractivity contribution in [1.29, 1.82) is 0 Å². The summed E-state index contributed by atoms with van der Waals surface area (Å²) in [7, 11) is 1.05. The standard InChI is InChI=1S/C52H80NO8P/c1-6-8-10-12-14-16-18-20-22-23-24-25-26-27-28-29-31-33-35-37-39-41-43-45-52(55)61-50(49-60-62(56,57)59-47-46-53(3,4)5)48-58-51(54)44-42-40-38-36-34-32-30-21-19-17-15-13-11-9-7-2/h8-11,14-17,20-22,24-25,27-28,30-31,33-34,36-37,39-40,42,50H,6-7,12-13,18-19,23,26,29,32,35,38,41,43-49H2,1-5H3/b10-8-,11-9-,16-14-,17-15-,22-20-,25-24-,28-27-,30-21-,33-31-,36-34-,39-37-,42-40-. The molecule has 0 saturated carbocycles. The summed E-state index contributed by atoms with van der Waals surface area (Å²) >= 11 is 0. The van der Waals surface area contributed by atoms with Gasteiger partial charge >= 0.3 is 11.9 Å². The van der Waals surface area contributed by atoms with Gasteiger partial charge in [-0.3, -0.25) is 14.2 Å². The van der Waals surface area contributed by atoms with E-state index < -0.39 is 32.5 Å². The summed E-state index contributed by atoms with van der Waals surface area (Å²) < 4.78 is 33.7. The fraction of sp³-hybridized carbons (Fsp3) is 0.500. The van der Waals surface area contributed by atoms with Gasteiger partial charge in [-0.05, 0) is 89.9 Å². The first-order valence-electron chi connectivity index (χ1n) is 22.5. The Labute approximate surface area is 376 Å². The number of ether oxygens (including phenoxy) is 2. The van der Waals surface area contributed by atoms with Crippen molar-refractivity contribution in [2.24, 2.45) is 0 Å². The Balaban J connectivity index is 4.59. The van der Waals surface area contributed by atoms with Gasteiger partial charge in [0.05, 0.1) is 34.2 Å². The predicted molar refractivity (Wildman–Crippen MR) is 258 cm³/mol. The third-order valence-corrected chi connectivity index (χ3v) is 9.35. The number of hydrogen-bond donors (Lipinski definition) is 0. The molecule has 0 rings (SSSR count). The van der Waals surface area contributed by atoms with E-state index in [1.54, 1.807) is 6.08 Å². The minimum atomic E-state index is -4.67. The zero-order chi connectivity index (χ0) is 45.7. The number of quaternary nitrogens is 1. The number of unbranched alkanes of at least 4 members (excludes halogenated alkanes) is 1. The molecule has 0 aliphatic rings. The van der Waals surface area contributed by atoms with Crippen LogP contribution in [0.5, 0.6) is 0 Å². The van der Waals surface area contributed by atoms with Gasteiger partial charge in [0, 0.05) is 6.42 Å². The molecule has 0 saturated heterocycles. The second-order valence-corrected chi connectivity index (χ2v) is 16.7. The highest BCUT2D eigenvalue weighted by atomic mass is 31.2. The number of carbonyl (C=O) groups is 2. The molecule has 0 heterocycles. The van der Waals surface area contributed by atoms with Gasteiger partial charge in [-0.25, -0.2) is 0 Å². The SMILES string of the molecule is CC/C=C\C/C=C\C/C=C\C/C=C\C/C=C\C/C=C\C/C=C\CCCC(=O)OC(COC(=O)C/C=C\C/C=C\C/C=C\C/C=C\C/C=C\CC)COP(=O)([O-])OCC[N+](C)(C)C. The average molecular weight is 878 g/mol. The fourth-order valence-corrected chi connectivity index (χ4v) is 5.68. The Kier molecular flexibility index (Phi) is 39.4. The van der Waals surface area contributed by atoms with Crippen LogP contribution in [0.15, 0.2) is 146 Å². The Morgan fingerprint density at radius 2 is 0.887 bits per heavy atom. The lowest BCUT2D eigenvalue weighted by molar-refractivity contribution is -0.870. The lowest BCUT2D eigenvalue weighted by atomic mass is 10.2. The number of esters is 2. The molecule has 0 radical (unpaired) electrons. The van der Waals surface area contributed by atoms with E-state index in [4.69, 9.17) is 18.5 Å². The van der Waals surface area contributed by atoms with Crippen LogP contribution in [-0.4, -0.2) is 70.0 Å². The van der Waals surface area contributed by atoms with Crippen molar-refractivity contribution in [1.82, 2.24) is 0 Å². The van der Waals surface area contributed by atoms with Gasteiger partial charge in [-0.2, -0.15) is 0 Å². The zero-order valence-electron chi connectivity index (χ0n) is 38.7. The number of phosphoric acid groups is 1. The molecule has 0 spiro atoms. The van der Waals surface area contributed by atoms with Gasteiger partial charge in [0.25, 0.3) is 7.82 Å². The highest BCUT2D eigenvalue weighted by Crippen LogP contribution is 2.38. The molecule has 346 valence electrons. The lowest BCUT2D eigenvalue weighted by Gasteiger charge is -2.28. The smallest absolute Gasteiger partial charge is 0.309 e. The summed E-state index contributed by atoms with van der Waals surface area (Å²) in [5.41, 5.74) is 0. The number of rotatable bonds is 38. The zero-order valence-corrected chi connectivity index (χ0v) is 39.6. The van der Waals surface area contributed by atoms with Crippen LogP contribution in [0.3, 0.4) is 0 Å². The molecule has 9 nitrogen and oxygen atoms in total. The first kappa shape index (κ1) is 57.9. The Morgan fingerprint density at radius 3 is 1.27 bits per heavy atom. The van der Waals surface area contributed by atoms with Crippen molar-refractivity contribution in [3.63, 3.8) is 0 Å². The van der Waals surface area contributed by atoms with Gasteiger partial charge in [-0.15, -0.1) is 0 Å². The van der Waals surface area contributed by atoms with Gasteiger partial charge in [0.15, 0.2) is 6.10 Å². The van der Waals surface area contributed by atoms with Crippen molar-refractivity contribution in [2.75, 3.05) is 47.5 Å². The van der Waals surface area contributed by atoms with Crippen molar-refractivity contribution < 1.29 is 42.1 Å². The van der Waals surface area contributed by atoms with Crippen LogP contribution in [0.4, 0.5) is 0 Å². The van der Waals surface area contributed by atoms with Crippen LogP contribution < -0.4 is 4.89 Å². The molecule has 0 bridgehead atoms. The minimum Gasteiger partial charge on any atom is -0.756 e. The van der Waals surface area contributed by atoms with Crippen LogP contribution in [0.2, 0.25) is 0 Å². The fourth-order valence-electron chi connectivity index (χ4n) is 4.95. The predicted octanol–water partition coefficient (Wildman–Crippen LogP) is 12.6. The lowest BCUT2D eigenvalue weighted by Crippen LogP contribution is -2.37. The maximum atomic E-state index is 12.7. The Hall–Kier alpha value is -4.11. The van der Waals surface area contributed by atoms with Gasteiger partial charge < -0.3 is 27.9 Å². The Bertz CT molecular complexity index is 1550. The topological polar surface area (TPSA) is 111 Å². The molecule has 2 unspecified atom stereocenters. The van der Waals surface area contributed by atoms with E-state index in [0.717, 1.165) is 70.6 Å². The number of nitrogens with zero attached hydrogens (tertiary/aromatic N) is 1. The van der Waals surface area contributed by atoms with Crippen molar-refractivity contribution in [3.8, 4) is 0 Å². The van der Waals surface area contributed by atoms with Gasteiger partial charge in [0.2, 0.25) is 0 Å². The molecule has 0 aromatic rings. The number of carbonyl (C=O) groups excluding carboxylic acids is 2. The largest absolute Gasteiger partial charge is 0.756 e. The molecule has 0 N–H and O–H groups in total. The first-order valence-corrected chi connectivity index (χ1v) is 24.0. The highest BCUT2D eigenvalue weighted by Gasteiger charge is 2.21. The van der Waals surface area contributed by atoms with Crippen molar-refractivity contribution >= 4 is 19.8 Å². The summed E-state index contributed by atoms with van der Waals surface area (Å²) in [6.07, 6.45) is 62.0. The van der Waals surface area contributed by atoms with Crippen LogP contribution in [0, 0.1) is 0 Å². The van der Waals surface area contributed by atoms with E-state index in [9.17, 15) is 19.0 Å². The van der Waals surface area contributed by atoms with E-state index in [2.05, 4.69) is 135 Å². The third-order valence-electron chi connectivity index (χ3n) is 8.39. The number of likely N-dealkylation sites (N-methyl/N-ethyl adjacent to an activating group) is 1. The van der Waals surface area contributed by atoms with E-state index in [0.29, 0.717) is 30.3 Å². The second kappa shape index (κ2) is 42.2. The molecule has 0 aliphatic heterocycles. The second-order valence-electron chi connectivity index (χ2n) is 15.3. The summed E-state index contributed by atoms with van der Waals surface area (Å²) in [5, 5.41) is 0. The van der Waals surface area contributed by atoms with Crippen molar-refractivity contribution in [3.05, 3.63) is 146 Å². The third kappa shape index (κ3) is 45.4. The van der Waals surface area contributed by atoms with Crippen LogP contribution in [-0.2, 0) is 32.7 Å². The van der Waals surface area contributed by atoms with Crippen LogP contribution >= 0.6 is 7.82 Å². The molecular formula is C52H80NO8P. The molecular weight excluding hydrogens is 798 g/mol. The molecule has 0 aromatic carbocycles. The summed E-state index contributed by atoms with van der Waals surface area (Å²) in [6.45, 7) is 3.77. The average Bonchev–Trinajstić information content (AvgIpc) is 3.23. The maximum Gasteiger partial charge on any atom is 0.309 e. The van der Waals surface area contributed by atoms with E-state index in [-0.39, 0.29) is 26.1 Å². The summed E-state index contributed by atoms with van der Waals surface area (Å²) in [6, 6.07) is 0. The monoisotopic (exact) mass is 878 g/mol. The van der Waals surface area contributed by atoms with E-state index in [1.807, 2.05) is 39.4 Å². The molecule has 0 fully saturated rings. The van der Waals surface area contributed by atoms with E-state index >= 15 is 0 Å². The molecule has 2 atom stereocenters. The van der Waals surface area contributed by atoms with Gasteiger partial charge in [0.1, 0.15) is 19.8 Å². The molecule has 0 aromatic heterocycles. The summed E-state index contributed by atoms with van der Waals surface area (Å²) in [4.78, 5) is 37.5. The number of allylic oxidation sites excluding steroid dienone is 23. The molecule has 0 amide bonds. The van der Waals surface area contributed by atoms with Crippen molar-refractivity contribution in [2.45, 2.75) is 123 Å². The Morgan fingerprint density at radius 1 is 0.516 bits per heavy atom. The first-order chi connectivity index (χ1) is 30.0. The van der Waals surface area contributed by atoms with Gasteiger partial charge in [-0.1, -0.05) is 160 Å². The van der Waals surface area contributed by atoms with E-state index in [1.165, 1.54) is 0 Å². The van der Waals surface area contributed by atoms with Crippen LogP contribution in [0.25, 0.3) is 0 Å². The number of phosphoric ester groups is 1. The normalized spacial score (nSPS) is 14.9. The quantitative estimate of drug-likeness (QED) is 0.0198. The molecule has 10 heteroatoms.